The number of amides is 3. The molecule has 1 fully saturated rings. The van der Waals surface area contributed by atoms with Crippen molar-refractivity contribution < 1.29 is 24.3 Å². The molecule has 172 valence electrons. The van der Waals surface area contributed by atoms with Gasteiger partial charge in [-0.3, -0.25) is 0 Å². The Labute approximate surface area is 187 Å². The number of nitrogens with zero attached hydrogens (tertiary/aromatic N) is 3. The lowest BCUT2D eigenvalue weighted by Gasteiger charge is -2.29. The normalized spacial score (nSPS) is 19.8. The van der Waals surface area contributed by atoms with Crippen molar-refractivity contribution >= 4 is 17.8 Å². The van der Waals surface area contributed by atoms with Crippen LogP contribution in [0.3, 0.4) is 0 Å². The predicted molar refractivity (Wildman–Crippen MR) is 116 cm³/mol. The first-order valence-corrected chi connectivity index (χ1v) is 10.8. The summed E-state index contributed by atoms with van der Waals surface area (Å²) in [6, 6.07) is 7.69. The molecule has 4 rings (SSSR count). The van der Waals surface area contributed by atoms with Crippen LogP contribution in [0.15, 0.2) is 36.8 Å². The van der Waals surface area contributed by atoms with Crippen LogP contribution < -0.4 is 20.6 Å². The summed E-state index contributed by atoms with van der Waals surface area (Å²) >= 11 is 0. The van der Waals surface area contributed by atoms with Gasteiger partial charge in [0.25, 0.3) is 0 Å². The fourth-order valence-electron chi connectivity index (χ4n) is 3.59. The topological polar surface area (TPSA) is 124 Å². The van der Waals surface area contributed by atoms with E-state index in [1.807, 2.05) is 31.2 Å². The number of ether oxygens (including phenoxy) is 1. The van der Waals surface area contributed by atoms with E-state index < -0.39 is 6.09 Å². The predicted octanol–water partition coefficient (Wildman–Crippen LogP) is -0.408. The minimum atomic E-state index is -1.13. The molecule has 0 saturated carbocycles. The highest BCUT2D eigenvalue weighted by Crippen LogP contribution is 2.19. The van der Waals surface area contributed by atoms with Crippen molar-refractivity contribution in [2.24, 2.45) is 0 Å². The second-order valence-corrected chi connectivity index (χ2v) is 7.81. The zero-order valence-corrected chi connectivity index (χ0v) is 18.5. The summed E-state index contributed by atoms with van der Waals surface area (Å²) in [4.78, 5) is 32.5. The number of urea groups is 1. The van der Waals surface area contributed by atoms with Gasteiger partial charge in [-0.1, -0.05) is 12.1 Å². The van der Waals surface area contributed by atoms with Gasteiger partial charge in [-0.25, -0.2) is 14.8 Å². The fourth-order valence-corrected chi connectivity index (χ4v) is 3.59. The molecule has 1 aromatic heterocycles. The van der Waals surface area contributed by atoms with Crippen LogP contribution in [0, 0.1) is 0 Å². The maximum absolute atomic E-state index is 11.4. The van der Waals surface area contributed by atoms with Gasteiger partial charge < -0.3 is 35.1 Å². The zero-order chi connectivity index (χ0) is 22.9. The number of anilines is 1. The van der Waals surface area contributed by atoms with Gasteiger partial charge in [-0.05, 0) is 36.6 Å². The Bertz CT molecular complexity index is 908. The molecule has 0 aliphatic carbocycles. The molecule has 3 heterocycles. The van der Waals surface area contributed by atoms with E-state index >= 15 is 0 Å². The maximum atomic E-state index is 11.4. The van der Waals surface area contributed by atoms with Crippen molar-refractivity contribution in [1.29, 1.82) is 0 Å². The third kappa shape index (κ3) is 6.63. The van der Waals surface area contributed by atoms with Gasteiger partial charge >= 0.3 is 6.03 Å². The molecule has 0 spiro atoms. The van der Waals surface area contributed by atoms with Crippen molar-refractivity contribution in [3.05, 3.63) is 53.6 Å². The summed E-state index contributed by atoms with van der Waals surface area (Å²) in [5, 5.41) is 16.0. The van der Waals surface area contributed by atoms with Gasteiger partial charge in [0, 0.05) is 25.0 Å². The number of carbonyl (C=O) groups is 2. The molecule has 1 aromatic carbocycles. The third-order valence-corrected chi connectivity index (χ3v) is 5.39. The Balaban J connectivity index is 0.000000193. The molecule has 10 nitrogen and oxygen atoms in total. The number of carbonyl (C=O) groups excluding carboxylic acids is 2. The summed E-state index contributed by atoms with van der Waals surface area (Å²) in [5.41, 5.74) is 3.78. The molecule has 32 heavy (non-hydrogen) atoms. The van der Waals surface area contributed by atoms with E-state index in [1.165, 1.54) is 21.7 Å². The van der Waals surface area contributed by atoms with E-state index in [0.29, 0.717) is 26.1 Å². The Morgan fingerprint density at radius 3 is 2.78 bits per heavy atom. The standard InChI is InChI=1S/C14H21N3O2.C8H9N3O2/c1-3-15-14(18)16-12-6-4-11(5-7-12)13-10-17(2)8-9-19-13;12-8(13)11-2-1-6-3-9-5-10-7(6)4-11/h4-7,13H,3,8-10H2,1-2H3,(H2,15,16,18);3,5H,1-2,4H2,(H,12,13). The number of hydrogen-bond donors (Lipinski definition) is 3. The Kier molecular flexibility index (Phi) is 8.34. The first kappa shape index (κ1) is 23.4. The molecule has 0 radical (unpaired) electrons. The Morgan fingerprint density at radius 1 is 1.31 bits per heavy atom. The van der Waals surface area contributed by atoms with Crippen LogP contribution in [-0.2, 0) is 17.7 Å². The highest BCUT2D eigenvalue weighted by Gasteiger charge is 2.22. The third-order valence-electron chi connectivity index (χ3n) is 5.39. The molecule has 2 aliphatic heterocycles. The molecule has 1 saturated heterocycles. The monoisotopic (exact) mass is 442 g/mol. The number of nitrogens with one attached hydrogen (secondary N) is 3. The number of fused-ring (bicyclic) bond motifs is 1. The maximum Gasteiger partial charge on any atom is 0.319 e. The summed E-state index contributed by atoms with van der Waals surface area (Å²) < 4.78 is 5.77. The number of likely N-dealkylation sites (N-methyl/N-ethyl adjacent to an activating group) is 1. The lowest BCUT2D eigenvalue weighted by atomic mass is 10.1. The van der Waals surface area contributed by atoms with Crippen molar-refractivity contribution in [2.75, 3.05) is 45.2 Å². The number of carboxylic acid groups (broad SMARTS) is 1. The number of aromatic nitrogens is 2. The average molecular weight is 443 g/mol. The first-order chi connectivity index (χ1) is 15.5. The summed E-state index contributed by atoms with van der Waals surface area (Å²) in [7, 11) is 2.18. The van der Waals surface area contributed by atoms with E-state index in [0.717, 1.165) is 36.6 Å². The van der Waals surface area contributed by atoms with Crippen LogP contribution in [0.25, 0.3) is 0 Å². The SMILES string of the molecule is CCNC(=O)Nc1ccc(C2C[NH+](C)CCO2)cc1.O=C([O-])N1CCc2cncnc2C1. The van der Waals surface area contributed by atoms with Gasteiger partial charge in [-0.15, -0.1) is 0 Å². The molecule has 2 aromatic rings. The van der Waals surface area contributed by atoms with E-state index in [9.17, 15) is 14.7 Å². The molecular weight excluding hydrogens is 412 g/mol. The molecule has 2 aliphatic rings. The van der Waals surface area contributed by atoms with Gasteiger partial charge in [0.05, 0.1) is 25.9 Å². The largest absolute Gasteiger partial charge is 0.530 e. The number of hydrogen-bond acceptors (Lipinski definition) is 6. The van der Waals surface area contributed by atoms with E-state index in [2.05, 4.69) is 27.6 Å². The van der Waals surface area contributed by atoms with Crippen LogP contribution in [0.5, 0.6) is 0 Å². The van der Waals surface area contributed by atoms with Crippen molar-refractivity contribution in [2.45, 2.75) is 26.0 Å². The van der Waals surface area contributed by atoms with E-state index in [1.54, 1.807) is 6.20 Å². The average Bonchev–Trinajstić information content (AvgIpc) is 2.80. The van der Waals surface area contributed by atoms with Crippen molar-refractivity contribution in [3.8, 4) is 0 Å². The van der Waals surface area contributed by atoms with Gasteiger partial charge in [-0.2, -0.15) is 0 Å². The fraction of sp³-hybridized carbons (Fsp3) is 0.455. The minimum absolute atomic E-state index is 0.160. The highest BCUT2D eigenvalue weighted by atomic mass is 16.5. The van der Waals surface area contributed by atoms with Crippen LogP contribution in [0.4, 0.5) is 15.3 Å². The number of quaternary nitrogens is 1. The van der Waals surface area contributed by atoms with E-state index in [-0.39, 0.29) is 12.1 Å². The summed E-state index contributed by atoms with van der Waals surface area (Å²) in [6.45, 7) is 6.16. The zero-order valence-electron chi connectivity index (χ0n) is 18.5. The molecule has 2 unspecified atom stereocenters. The Hall–Kier alpha value is -3.24. The number of morpholine rings is 1. The van der Waals surface area contributed by atoms with E-state index in [4.69, 9.17) is 4.74 Å². The molecule has 3 amide bonds. The molecule has 0 bridgehead atoms. The molecule has 10 heteroatoms. The second kappa shape index (κ2) is 11.4. The number of benzene rings is 1. The highest BCUT2D eigenvalue weighted by molar-refractivity contribution is 5.89. The Morgan fingerprint density at radius 2 is 2.09 bits per heavy atom. The van der Waals surface area contributed by atoms with Gasteiger partial charge in [0.15, 0.2) is 0 Å². The van der Waals surface area contributed by atoms with Crippen molar-refractivity contribution in [1.82, 2.24) is 20.2 Å². The summed E-state index contributed by atoms with van der Waals surface area (Å²) in [5.74, 6) is 0. The van der Waals surface area contributed by atoms with Crippen LogP contribution in [0.1, 0.15) is 29.8 Å². The number of rotatable bonds is 3. The lowest BCUT2D eigenvalue weighted by Crippen LogP contribution is -3.11. The quantitative estimate of drug-likeness (QED) is 0.594. The molecular formula is C22H30N6O4. The van der Waals surface area contributed by atoms with Crippen LogP contribution >= 0.6 is 0 Å². The lowest BCUT2D eigenvalue weighted by molar-refractivity contribution is -0.893. The molecule has 2 atom stereocenters. The van der Waals surface area contributed by atoms with Crippen molar-refractivity contribution in [3.63, 3.8) is 0 Å². The van der Waals surface area contributed by atoms with Gasteiger partial charge in [0.1, 0.15) is 31.6 Å². The molecule has 3 N–H and O–H groups in total. The minimum Gasteiger partial charge on any atom is -0.530 e. The summed E-state index contributed by atoms with van der Waals surface area (Å²) in [6.07, 6.45) is 2.85. The van der Waals surface area contributed by atoms with Gasteiger partial charge in [0.2, 0.25) is 0 Å². The van der Waals surface area contributed by atoms with Crippen LogP contribution in [0.2, 0.25) is 0 Å². The van der Waals surface area contributed by atoms with Crippen LogP contribution in [-0.4, -0.2) is 66.8 Å². The first-order valence-electron chi connectivity index (χ1n) is 10.8. The smallest absolute Gasteiger partial charge is 0.319 e. The second-order valence-electron chi connectivity index (χ2n) is 7.81.